The van der Waals surface area contributed by atoms with Gasteiger partial charge in [0.05, 0.1) is 15.5 Å². The molecule has 1 saturated carbocycles. The summed E-state index contributed by atoms with van der Waals surface area (Å²) in [5.41, 5.74) is -0.446. The minimum atomic E-state index is -0.564. The lowest BCUT2D eigenvalue weighted by Gasteiger charge is -2.49. The fourth-order valence-corrected chi connectivity index (χ4v) is 2.47. The van der Waals surface area contributed by atoms with Gasteiger partial charge < -0.3 is 10.4 Å². The van der Waals surface area contributed by atoms with Gasteiger partial charge in [-0.05, 0) is 22.4 Å². The Hall–Kier alpha value is -1.21. The van der Waals surface area contributed by atoms with Gasteiger partial charge in [0.2, 0.25) is 0 Å². The molecule has 7 heteroatoms. The molecule has 0 heterocycles. The van der Waals surface area contributed by atoms with Gasteiger partial charge in [-0.1, -0.05) is 13.8 Å². The second kappa shape index (κ2) is 4.72. The van der Waals surface area contributed by atoms with Crippen molar-refractivity contribution in [2.45, 2.75) is 32.4 Å². The first-order valence-electron chi connectivity index (χ1n) is 5.81. The molecule has 2 N–H and O–H groups in total. The number of hydrogen-bond donors (Lipinski definition) is 2. The van der Waals surface area contributed by atoms with Crippen LogP contribution in [0.3, 0.4) is 0 Å². The van der Waals surface area contributed by atoms with Gasteiger partial charge in [-0.15, -0.1) is 0 Å². The van der Waals surface area contributed by atoms with Crippen LogP contribution in [-0.2, 0) is 0 Å². The first-order valence-corrected chi connectivity index (χ1v) is 6.61. The van der Waals surface area contributed by atoms with E-state index in [0.717, 1.165) is 12.1 Å². The predicted molar refractivity (Wildman–Crippen MR) is 72.6 cm³/mol. The Kier molecular flexibility index (Phi) is 3.53. The number of nitro groups is 1. The maximum atomic E-state index is 13.5. The third-order valence-corrected chi connectivity index (χ3v) is 4.39. The van der Waals surface area contributed by atoms with Crippen molar-refractivity contribution in [1.29, 1.82) is 0 Å². The van der Waals surface area contributed by atoms with Crippen molar-refractivity contribution in [2.75, 3.05) is 5.32 Å². The summed E-state index contributed by atoms with van der Waals surface area (Å²) >= 11 is 2.93. The number of anilines is 1. The van der Waals surface area contributed by atoms with Gasteiger partial charge in [0.25, 0.3) is 5.69 Å². The first kappa shape index (κ1) is 14.2. The van der Waals surface area contributed by atoms with E-state index >= 15 is 0 Å². The van der Waals surface area contributed by atoms with Gasteiger partial charge in [-0.2, -0.15) is 0 Å². The van der Waals surface area contributed by atoms with Crippen molar-refractivity contribution in [3.8, 4) is 0 Å². The first-order chi connectivity index (χ1) is 8.73. The summed E-state index contributed by atoms with van der Waals surface area (Å²) < 4.78 is 13.6. The fourth-order valence-electron chi connectivity index (χ4n) is 2.14. The molecule has 0 saturated heterocycles. The number of nitrogens with zero attached hydrogens (tertiary/aromatic N) is 1. The molecule has 0 amide bonds. The van der Waals surface area contributed by atoms with Crippen LogP contribution in [0, 0.1) is 21.3 Å². The van der Waals surface area contributed by atoms with E-state index in [4.69, 9.17) is 0 Å². The number of benzene rings is 1. The second-order valence-corrected chi connectivity index (χ2v) is 6.16. The van der Waals surface area contributed by atoms with Crippen LogP contribution in [0.25, 0.3) is 0 Å². The number of hydrogen-bond acceptors (Lipinski definition) is 4. The van der Waals surface area contributed by atoms with Crippen LogP contribution < -0.4 is 5.32 Å². The van der Waals surface area contributed by atoms with Gasteiger partial charge in [0.1, 0.15) is 11.5 Å². The molecule has 1 fully saturated rings. The monoisotopic (exact) mass is 332 g/mol. The van der Waals surface area contributed by atoms with E-state index < -0.39 is 22.3 Å². The van der Waals surface area contributed by atoms with Crippen molar-refractivity contribution in [1.82, 2.24) is 0 Å². The molecule has 2 atom stereocenters. The second-order valence-electron chi connectivity index (χ2n) is 5.31. The topological polar surface area (TPSA) is 75.4 Å². The van der Waals surface area contributed by atoms with Crippen LogP contribution in [0.5, 0.6) is 0 Å². The summed E-state index contributed by atoms with van der Waals surface area (Å²) in [6, 6.07) is 2.12. The third kappa shape index (κ3) is 2.44. The number of aliphatic hydroxyl groups is 1. The number of nitro benzene ring substituents is 1. The Morgan fingerprint density at radius 1 is 1.58 bits per heavy atom. The van der Waals surface area contributed by atoms with E-state index in [1.165, 1.54) is 0 Å². The van der Waals surface area contributed by atoms with Crippen LogP contribution in [-0.4, -0.2) is 22.2 Å². The molecule has 1 aromatic rings. The molecule has 1 aliphatic rings. The summed E-state index contributed by atoms with van der Waals surface area (Å²) in [5, 5.41) is 23.6. The molecule has 5 nitrogen and oxygen atoms in total. The number of nitrogens with one attached hydrogen (secondary N) is 1. The quantitative estimate of drug-likeness (QED) is 0.658. The predicted octanol–water partition coefficient (Wildman–Crippen LogP) is 3.07. The summed E-state index contributed by atoms with van der Waals surface area (Å²) in [4.78, 5) is 10.4. The highest BCUT2D eigenvalue weighted by atomic mass is 79.9. The lowest BCUT2D eigenvalue weighted by molar-refractivity contribution is -0.384. The average Bonchev–Trinajstić information content (AvgIpc) is 2.32. The van der Waals surface area contributed by atoms with Crippen LogP contribution in [0.15, 0.2) is 16.6 Å². The summed E-state index contributed by atoms with van der Waals surface area (Å²) in [6.45, 7) is 3.72. The zero-order chi connectivity index (χ0) is 14.4. The lowest BCUT2D eigenvalue weighted by atomic mass is 9.64. The number of rotatable bonds is 3. The molecule has 0 radical (unpaired) electrons. The molecule has 0 spiro atoms. The summed E-state index contributed by atoms with van der Waals surface area (Å²) in [6.07, 6.45) is 0.0336. The molecule has 19 heavy (non-hydrogen) atoms. The van der Waals surface area contributed by atoms with E-state index in [2.05, 4.69) is 21.2 Å². The van der Waals surface area contributed by atoms with Crippen LogP contribution in [0.2, 0.25) is 0 Å². The molecule has 2 unspecified atom stereocenters. The number of halogens is 2. The van der Waals surface area contributed by atoms with E-state index in [0.29, 0.717) is 6.42 Å². The fraction of sp³-hybridized carbons (Fsp3) is 0.500. The average molecular weight is 333 g/mol. The van der Waals surface area contributed by atoms with E-state index in [9.17, 15) is 19.6 Å². The van der Waals surface area contributed by atoms with Gasteiger partial charge >= 0.3 is 0 Å². The molecular formula is C12H14BrFN2O3. The smallest absolute Gasteiger partial charge is 0.293 e. The normalized spacial score (nSPS) is 24.7. The Balaban J connectivity index is 2.30. The van der Waals surface area contributed by atoms with Gasteiger partial charge in [0.15, 0.2) is 0 Å². The zero-order valence-corrected chi connectivity index (χ0v) is 12.1. The van der Waals surface area contributed by atoms with Crippen LogP contribution in [0.4, 0.5) is 15.8 Å². The Morgan fingerprint density at radius 3 is 2.68 bits per heavy atom. The van der Waals surface area contributed by atoms with Gasteiger partial charge in [-0.3, -0.25) is 10.1 Å². The maximum Gasteiger partial charge on any atom is 0.293 e. The van der Waals surface area contributed by atoms with Crippen molar-refractivity contribution in [2.24, 2.45) is 5.41 Å². The van der Waals surface area contributed by atoms with Crippen molar-refractivity contribution < 1.29 is 14.4 Å². The van der Waals surface area contributed by atoms with Crippen molar-refractivity contribution >= 4 is 27.3 Å². The zero-order valence-electron chi connectivity index (χ0n) is 10.5. The standard InChI is InChI=1S/C12H14BrFN2O3/c1-12(2)10(5-11(12)17)15-8-4-7(14)6(13)3-9(8)16(18)19/h3-4,10-11,15,17H,5H2,1-2H3. The minimum absolute atomic E-state index is 0.0534. The lowest BCUT2D eigenvalue weighted by Crippen LogP contribution is -2.56. The molecule has 1 aliphatic carbocycles. The minimum Gasteiger partial charge on any atom is -0.392 e. The Bertz CT molecular complexity index is 536. The molecule has 0 aliphatic heterocycles. The Labute approximate surface area is 118 Å². The van der Waals surface area contributed by atoms with E-state index in [-0.39, 0.29) is 21.9 Å². The molecule has 0 bridgehead atoms. The largest absolute Gasteiger partial charge is 0.392 e. The van der Waals surface area contributed by atoms with Crippen LogP contribution >= 0.6 is 15.9 Å². The highest BCUT2D eigenvalue weighted by Gasteiger charge is 2.47. The number of aliphatic hydroxyl groups excluding tert-OH is 1. The molecule has 2 rings (SSSR count). The molecule has 1 aromatic carbocycles. The van der Waals surface area contributed by atoms with E-state index in [1.807, 2.05) is 13.8 Å². The van der Waals surface area contributed by atoms with Crippen molar-refractivity contribution in [3.63, 3.8) is 0 Å². The highest BCUT2D eigenvalue weighted by molar-refractivity contribution is 9.10. The molecular weight excluding hydrogens is 319 g/mol. The Morgan fingerprint density at radius 2 is 2.21 bits per heavy atom. The highest BCUT2D eigenvalue weighted by Crippen LogP contribution is 2.43. The molecule has 104 valence electrons. The third-order valence-electron chi connectivity index (χ3n) is 3.78. The van der Waals surface area contributed by atoms with Crippen LogP contribution in [0.1, 0.15) is 20.3 Å². The summed E-state index contributed by atoms with van der Waals surface area (Å²) in [5.74, 6) is -0.564. The maximum absolute atomic E-state index is 13.5. The van der Waals surface area contributed by atoms with Gasteiger partial charge in [-0.25, -0.2) is 4.39 Å². The molecule has 0 aromatic heterocycles. The van der Waals surface area contributed by atoms with Gasteiger partial charge in [0, 0.05) is 23.6 Å². The summed E-state index contributed by atoms with van der Waals surface area (Å²) in [7, 11) is 0. The van der Waals surface area contributed by atoms with E-state index in [1.54, 1.807) is 0 Å². The van der Waals surface area contributed by atoms with Crippen molar-refractivity contribution in [3.05, 3.63) is 32.5 Å². The SMILES string of the molecule is CC1(C)C(O)CC1Nc1cc(F)c(Br)cc1[N+](=O)[O-].